The Morgan fingerprint density at radius 3 is 2.77 bits per heavy atom. The zero-order valence-electron chi connectivity index (χ0n) is 14.7. The Hall–Kier alpha value is -2.05. The lowest BCUT2D eigenvalue weighted by molar-refractivity contribution is -0.127. The smallest absolute Gasteiger partial charge is 0.233 e. The molecule has 0 radical (unpaired) electrons. The maximum atomic E-state index is 12.5. The molecule has 0 N–H and O–H groups in total. The molecule has 1 fully saturated rings. The van der Waals surface area contributed by atoms with Crippen LogP contribution < -0.4 is 0 Å². The van der Waals surface area contributed by atoms with Crippen molar-refractivity contribution in [3.63, 3.8) is 0 Å². The van der Waals surface area contributed by atoms with Crippen LogP contribution in [0.25, 0.3) is 11.3 Å². The van der Waals surface area contributed by atoms with E-state index < -0.39 is 0 Å². The molecule has 4 rings (SSSR count). The fourth-order valence-electron chi connectivity index (χ4n) is 2.92. The minimum atomic E-state index is 0.134. The highest BCUT2D eigenvalue weighted by atomic mass is 32.2. The van der Waals surface area contributed by atoms with Gasteiger partial charge in [0.05, 0.1) is 24.2 Å². The van der Waals surface area contributed by atoms with Crippen molar-refractivity contribution < 1.29 is 4.79 Å². The van der Waals surface area contributed by atoms with Crippen LogP contribution in [0.1, 0.15) is 23.8 Å². The molecule has 4 nitrogen and oxygen atoms in total. The molecular formula is C20H21N3OS2. The first-order valence-electron chi connectivity index (χ1n) is 8.74. The van der Waals surface area contributed by atoms with Crippen LogP contribution >= 0.6 is 23.1 Å². The van der Waals surface area contributed by atoms with Crippen molar-refractivity contribution in [1.29, 1.82) is 0 Å². The third-order valence-electron chi connectivity index (χ3n) is 4.47. The average molecular weight is 384 g/mol. The van der Waals surface area contributed by atoms with Crippen LogP contribution in [0.5, 0.6) is 0 Å². The summed E-state index contributed by atoms with van der Waals surface area (Å²) in [6.07, 6.45) is 4.32. The summed E-state index contributed by atoms with van der Waals surface area (Å²) in [5, 5.41) is 2.99. The molecule has 0 saturated heterocycles. The average Bonchev–Trinajstić information content (AvgIpc) is 3.20. The normalized spacial score (nSPS) is 13.7. The van der Waals surface area contributed by atoms with Gasteiger partial charge in [-0.3, -0.25) is 4.79 Å². The van der Waals surface area contributed by atoms with Gasteiger partial charge in [-0.05, 0) is 29.9 Å². The van der Waals surface area contributed by atoms with E-state index in [2.05, 4.69) is 39.9 Å². The van der Waals surface area contributed by atoms with E-state index in [1.165, 1.54) is 23.3 Å². The van der Waals surface area contributed by atoms with E-state index in [9.17, 15) is 4.79 Å². The molecule has 1 aromatic carbocycles. The number of carbonyl (C=O) groups is 1. The summed E-state index contributed by atoms with van der Waals surface area (Å²) in [6, 6.07) is 15.0. The van der Waals surface area contributed by atoms with Crippen LogP contribution in [-0.4, -0.2) is 33.2 Å². The van der Waals surface area contributed by atoms with Crippen molar-refractivity contribution in [3.8, 4) is 11.3 Å². The summed E-state index contributed by atoms with van der Waals surface area (Å²) >= 11 is 3.23. The minimum Gasteiger partial charge on any atom is -0.340 e. The van der Waals surface area contributed by atoms with Crippen molar-refractivity contribution in [2.75, 3.05) is 12.8 Å². The van der Waals surface area contributed by atoms with E-state index in [0.29, 0.717) is 18.3 Å². The first-order valence-corrected chi connectivity index (χ1v) is 10.6. The second kappa shape index (κ2) is 7.68. The molecule has 0 spiro atoms. The highest BCUT2D eigenvalue weighted by Gasteiger charge is 2.29. The van der Waals surface area contributed by atoms with Gasteiger partial charge in [0.1, 0.15) is 0 Å². The molecule has 2 aromatic heterocycles. The van der Waals surface area contributed by atoms with Gasteiger partial charge in [0.2, 0.25) is 5.91 Å². The summed E-state index contributed by atoms with van der Waals surface area (Å²) in [4.78, 5) is 20.1. The van der Waals surface area contributed by atoms with Crippen LogP contribution in [-0.2, 0) is 11.3 Å². The topological polar surface area (TPSA) is 38.1 Å². The molecule has 1 saturated carbocycles. The molecule has 0 atom stereocenters. The molecule has 134 valence electrons. The van der Waals surface area contributed by atoms with E-state index in [-0.39, 0.29) is 5.91 Å². The number of carbonyl (C=O) groups excluding carboxylic acids is 1. The predicted molar refractivity (Wildman–Crippen MR) is 107 cm³/mol. The predicted octanol–water partition coefficient (Wildman–Crippen LogP) is 4.70. The lowest BCUT2D eigenvalue weighted by atomic mass is 10.2. The van der Waals surface area contributed by atoms with Crippen LogP contribution in [0.4, 0.5) is 0 Å². The molecule has 6 heteroatoms. The lowest BCUT2D eigenvalue weighted by Gasteiger charge is -2.16. The van der Waals surface area contributed by atoms with E-state index in [1.54, 1.807) is 28.0 Å². The summed E-state index contributed by atoms with van der Waals surface area (Å²) in [5.74, 6) is 0.551. The zero-order valence-corrected chi connectivity index (χ0v) is 16.3. The molecule has 2 heterocycles. The number of thiophene rings is 1. The molecule has 26 heavy (non-hydrogen) atoms. The third-order valence-corrected chi connectivity index (χ3v) is 6.28. The molecule has 1 aliphatic rings. The number of hydrogen-bond donors (Lipinski definition) is 0. The van der Waals surface area contributed by atoms with Crippen LogP contribution in [0, 0.1) is 0 Å². The molecule has 0 unspecified atom stereocenters. The first kappa shape index (κ1) is 17.4. The molecule has 1 amide bonds. The summed E-state index contributed by atoms with van der Waals surface area (Å²) in [5.41, 5.74) is 2.33. The fourth-order valence-corrected chi connectivity index (χ4v) is 4.66. The number of benzene rings is 1. The quantitative estimate of drug-likeness (QED) is 0.555. The molecular weight excluding hydrogens is 362 g/mol. The van der Waals surface area contributed by atoms with Crippen LogP contribution in [0.2, 0.25) is 0 Å². The Labute approximate surface area is 161 Å². The van der Waals surface area contributed by atoms with Crippen molar-refractivity contribution in [3.05, 3.63) is 58.9 Å². The highest BCUT2D eigenvalue weighted by molar-refractivity contribution is 7.99. The largest absolute Gasteiger partial charge is 0.340 e. The molecule has 0 aliphatic heterocycles. The molecule has 0 bridgehead atoms. The van der Waals surface area contributed by atoms with Crippen molar-refractivity contribution in [2.45, 2.75) is 30.6 Å². The number of imidazole rings is 1. The monoisotopic (exact) mass is 383 g/mol. The summed E-state index contributed by atoms with van der Waals surface area (Å²) in [7, 11) is 1.87. The third kappa shape index (κ3) is 3.86. The van der Waals surface area contributed by atoms with Crippen molar-refractivity contribution in [1.82, 2.24) is 14.5 Å². The second-order valence-corrected chi connectivity index (χ2v) is 8.49. The summed E-state index contributed by atoms with van der Waals surface area (Å²) < 4.78 is 2.31. The zero-order chi connectivity index (χ0) is 17.9. The maximum absolute atomic E-state index is 12.5. The number of amides is 1. The maximum Gasteiger partial charge on any atom is 0.233 e. The number of aromatic nitrogens is 2. The fraction of sp³-hybridized carbons (Fsp3) is 0.300. The number of thioether (sulfide) groups is 1. The molecule has 1 aliphatic carbocycles. The van der Waals surface area contributed by atoms with Crippen molar-refractivity contribution in [2.24, 2.45) is 0 Å². The van der Waals surface area contributed by atoms with Gasteiger partial charge in [0.15, 0.2) is 5.16 Å². The number of nitrogens with zero attached hydrogens (tertiary/aromatic N) is 3. The van der Waals surface area contributed by atoms with E-state index in [4.69, 9.17) is 0 Å². The van der Waals surface area contributed by atoms with E-state index >= 15 is 0 Å². The van der Waals surface area contributed by atoms with Gasteiger partial charge in [-0.1, -0.05) is 48.2 Å². The van der Waals surface area contributed by atoms with Crippen LogP contribution in [0.3, 0.4) is 0 Å². The lowest BCUT2D eigenvalue weighted by Crippen LogP contribution is -2.27. The summed E-state index contributed by atoms with van der Waals surface area (Å²) in [6.45, 7) is 0.670. The van der Waals surface area contributed by atoms with Gasteiger partial charge in [-0.25, -0.2) is 4.98 Å². The number of hydrogen-bond acceptors (Lipinski definition) is 4. The van der Waals surface area contributed by atoms with Gasteiger partial charge < -0.3 is 9.47 Å². The van der Waals surface area contributed by atoms with Gasteiger partial charge in [0.25, 0.3) is 0 Å². The second-order valence-electron chi connectivity index (χ2n) is 6.51. The Kier molecular flexibility index (Phi) is 5.13. The van der Waals surface area contributed by atoms with Gasteiger partial charge in [0, 0.05) is 18.0 Å². The Morgan fingerprint density at radius 2 is 2.08 bits per heavy atom. The Morgan fingerprint density at radius 1 is 1.27 bits per heavy atom. The molecule has 3 aromatic rings. The van der Waals surface area contributed by atoms with E-state index in [0.717, 1.165) is 10.9 Å². The Balaban J connectivity index is 1.45. The van der Waals surface area contributed by atoms with E-state index in [1.807, 2.05) is 30.8 Å². The van der Waals surface area contributed by atoms with Crippen molar-refractivity contribution >= 4 is 29.0 Å². The first-order chi connectivity index (χ1) is 12.7. The van der Waals surface area contributed by atoms with Gasteiger partial charge in [-0.15, -0.1) is 11.3 Å². The van der Waals surface area contributed by atoms with Crippen LogP contribution in [0.15, 0.2) is 59.2 Å². The Bertz CT molecular complexity index is 870. The number of rotatable bonds is 7. The standard InChI is InChI=1S/C20H21N3OS2/c1-22(13-17-8-5-11-25-17)19(24)14-26-20-21-12-18(23(20)16-9-10-16)15-6-3-2-4-7-15/h2-8,11-12,16H,9-10,13-14H2,1H3. The van der Waals surface area contributed by atoms with Gasteiger partial charge in [-0.2, -0.15) is 0 Å². The minimum absolute atomic E-state index is 0.134. The SMILES string of the molecule is CN(Cc1cccs1)C(=O)CSc1ncc(-c2ccccc2)n1C1CC1. The van der Waals surface area contributed by atoms with Gasteiger partial charge >= 0.3 is 0 Å². The highest BCUT2D eigenvalue weighted by Crippen LogP contribution is 2.41.